The molecule has 1 aliphatic heterocycles. The third kappa shape index (κ3) is 2.96. The summed E-state index contributed by atoms with van der Waals surface area (Å²) in [6, 6.07) is 1.42. The zero-order valence-corrected chi connectivity index (χ0v) is 13.8. The Morgan fingerprint density at radius 3 is 2.80 bits per heavy atom. The minimum atomic E-state index is -3.63. The summed E-state index contributed by atoms with van der Waals surface area (Å²) in [4.78, 5) is 6.20. The summed E-state index contributed by atoms with van der Waals surface area (Å²) in [5, 5.41) is 0. The van der Waals surface area contributed by atoms with Gasteiger partial charge >= 0.3 is 0 Å². The maximum Gasteiger partial charge on any atom is 0.247 e. The molecule has 0 bridgehead atoms. The van der Waals surface area contributed by atoms with Gasteiger partial charge in [-0.25, -0.2) is 19.2 Å². The number of likely N-dealkylation sites (N-methyl/N-ethyl adjacent to an activating group) is 1. The molecule has 0 aromatic carbocycles. The van der Waals surface area contributed by atoms with Crippen molar-refractivity contribution >= 4 is 31.8 Å². The van der Waals surface area contributed by atoms with Crippen molar-refractivity contribution in [3.8, 4) is 0 Å². The van der Waals surface area contributed by atoms with E-state index in [1.807, 2.05) is 14.0 Å². The van der Waals surface area contributed by atoms with Gasteiger partial charge in [0.15, 0.2) is 5.82 Å². The van der Waals surface area contributed by atoms with E-state index in [9.17, 15) is 8.42 Å². The standard InChI is InChI=1S/C11H18BrN5O2S/c1-8-7-16(2)3-4-17(8)20(18,19)10-5-9(12)6-14-11(10)15-13/h5-6,8H,3-4,7,13H2,1-2H3,(H,14,15). The fraction of sp³-hybridized carbons (Fsp3) is 0.545. The van der Waals surface area contributed by atoms with E-state index in [0.29, 0.717) is 24.1 Å². The Bertz CT molecular complexity index is 594. The van der Waals surface area contributed by atoms with Crippen molar-refractivity contribution in [1.82, 2.24) is 14.2 Å². The normalized spacial score (nSPS) is 21.9. The van der Waals surface area contributed by atoms with E-state index in [0.717, 1.165) is 0 Å². The minimum absolute atomic E-state index is 0.0887. The minimum Gasteiger partial charge on any atom is -0.307 e. The first-order valence-electron chi connectivity index (χ1n) is 6.19. The Morgan fingerprint density at radius 1 is 1.50 bits per heavy atom. The van der Waals surface area contributed by atoms with Gasteiger partial charge in [-0.2, -0.15) is 4.31 Å². The van der Waals surface area contributed by atoms with Crippen molar-refractivity contribution in [2.24, 2.45) is 5.84 Å². The molecule has 1 aliphatic rings. The largest absolute Gasteiger partial charge is 0.307 e. The molecule has 2 heterocycles. The van der Waals surface area contributed by atoms with Crippen LogP contribution in [-0.2, 0) is 10.0 Å². The Hall–Kier alpha value is -0.740. The quantitative estimate of drug-likeness (QED) is 0.598. The zero-order valence-electron chi connectivity index (χ0n) is 11.4. The topological polar surface area (TPSA) is 91.6 Å². The Labute approximate surface area is 127 Å². The van der Waals surface area contributed by atoms with Gasteiger partial charge in [0.2, 0.25) is 10.0 Å². The number of nitrogens with one attached hydrogen (secondary N) is 1. The number of aromatic nitrogens is 1. The third-order valence-corrected chi connectivity index (χ3v) is 5.77. The number of rotatable bonds is 3. The second-order valence-corrected chi connectivity index (χ2v) is 7.65. The highest BCUT2D eigenvalue weighted by molar-refractivity contribution is 9.10. The molecule has 9 heteroatoms. The summed E-state index contributed by atoms with van der Waals surface area (Å²) in [5.74, 6) is 5.52. The van der Waals surface area contributed by atoms with E-state index >= 15 is 0 Å². The highest BCUT2D eigenvalue weighted by Crippen LogP contribution is 2.27. The lowest BCUT2D eigenvalue weighted by Crippen LogP contribution is -2.52. The average molecular weight is 364 g/mol. The number of halogens is 1. The van der Waals surface area contributed by atoms with E-state index < -0.39 is 10.0 Å². The molecule has 1 unspecified atom stereocenters. The van der Waals surface area contributed by atoms with Crippen LogP contribution in [0.15, 0.2) is 21.6 Å². The highest BCUT2D eigenvalue weighted by Gasteiger charge is 2.34. The van der Waals surface area contributed by atoms with E-state index in [1.54, 1.807) is 0 Å². The zero-order chi connectivity index (χ0) is 14.9. The summed E-state index contributed by atoms with van der Waals surface area (Å²) in [6.45, 7) is 3.76. The molecule has 3 N–H and O–H groups in total. The number of piperazine rings is 1. The molecule has 20 heavy (non-hydrogen) atoms. The molecule has 0 amide bonds. The van der Waals surface area contributed by atoms with Gasteiger partial charge in [-0.05, 0) is 36.0 Å². The first kappa shape index (κ1) is 15.6. The van der Waals surface area contributed by atoms with Gasteiger partial charge in [0.25, 0.3) is 0 Å². The highest BCUT2D eigenvalue weighted by atomic mass is 79.9. The van der Waals surface area contributed by atoms with Crippen LogP contribution in [0, 0.1) is 0 Å². The monoisotopic (exact) mass is 363 g/mol. The molecule has 2 rings (SSSR count). The number of hydrogen-bond acceptors (Lipinski definition) is 6. The lowest BCUT2D eigenvalue weighted by molar-refractivity contribution is 0.170. The first-order valence-corrected chi connectivity index (χ1v) is 8.42. The molecule has 0 spiro atoms. The third-order valence-electron chi connectivity index (χ3n) is 3.31. The van der Waals surface area contributed by atoms with Crippen LogP contribution in [0.3, 0.4) is 0 Å². The molecular formula is C11H18BrN5O2S. The summed E-state index contributed by atoms with van der Waals surface area (Å²) in [6.07, 6.45) is 1.50. The number of pyridine rings is 1. The number of nitrogen functional groups attached to an aromatic ring is 1. The van der Waals surface area contributed by atoms with Gasteiger partial charge in [0.1, 0.15) is 4.90 Å². The van der Waals surface area contributed by atoms with Crippen LogP contribution in [-0.4, -0.2) is 55.3 Å². The van der Waals surface area contributed by atoms with E-state index in [1.165, 1.54) is 16.6 Å². The summed E-state index contributed by atoms with van der Waals surface area (Å²) >= 11 is 3.24. The van der Waals surface area contributed by atoms with Gasteiger partial charge < -0.3 is 10.3 Å². The van der Waals surface area contributed by atoms with Gasteiger partial charge in [-0.3, -0.25) is 0 Å². The van der Waals surface area contributed by atoms with Gasteiger partial charge in [0, 0.05) is 36.3 Å². The maximum atomic E-state index is 12.8. The lowest BCUT2D eigenvalue weighted by atomic mass is 10.2. The molecule has 1 aromatic heterocycles. The fourth-order valence-corrected chi connectivity index (χ4v) is 4.56. The van der Waals surface area contributed by atoms with Crippen molar-refractivity contribution < 1.29 is 8.42 Å². The van der Waals surface area contributed by atoms with Crippen LogP contribution in [0.1, 0.15) is 6.92 Å². The molecule has 0 aliphatic carbocycles. The van der Waals surface area contributed by atoms with Crippen LogP contribution in [0.25, 0.3) is 0 Å². The van der Waals surface area contributed by atoms with Crippen LogP contribution in [0.5, 0.6) is 0 Å². The molecule has 112 valence electrons. The van der Waals surface area contributed by atoms with E-state index in [4.69, 9.17) is 5.84 Å². The number of nitrogens with two attached hydrogens (primary N) is 1. The van der Waals surface area contributed by atoms with Crippen LogP contribution in [0.2, 0.25) is 0 Å². The number of hydrazine groups is 1. The Morgan fingerprint density at radius 2 is 2.20 bits per heavy atom. The summed E-state index contributed by atoms with van der Waals surface area (Å²) < 4.78 is 27.7. The number of sulfonamides is 1. The molecule has 0 radical (unpaired) electrons. The molecule has 7 nitrogen and oxygen atoms in total. The van der Waals surface area contributed by atoms with E-state index in [2.05, 4.69) is 31.2 Å². The summed E-state index contributed by atoms with van der Waals surface area (Å²) in [5.41, 5.74) is 2.34. The molecule has 1 fully saturated rings. The van der Waals surface area contributed by atoms with Crippen LogP contribution < -0.4 is 11.3 Å². The Kier molecular flexibility index (Phi) is 4.65. The molecule has 1 saturated heterocycles. The lowest BCUT2D eigenvalue weighted by Gasteiger charge is -2.37. The number of anilines is 1. The van der Waals surface area contributed by atoms with Gasteiger partial charge in [-0.1, -0.05) is 0 Å². The smallest absolute Gasteiger partial charge is 0.247 e. The molecule has 1 aromatic rings. The predicted molar refractivity (Wildman–Crippen MR) is 80.6 cm³/mol. The molecular weight excluding hydrogens is 346 g/mol. The van der Waals surface area contributed by atoms with Crippen molar-refractivity contribution in [2.45, 2.75) is 17.9 Å². The van der Waals surface area contributed by atoms with Crippen LogP contribution >= 0.6 is 15.9 Å². The Balaban J connectivity index is 2.42. The van der Waals surface area contributed by atoms with Crippen molar-refractivity contribution in [3.05, 3.63) is 16.7 Å². The second kappa shape index (κ2) is 5.94. The maximum absolute atomic E-state index is 12.8. The molecule has 1 atom stereocenters. The average Bonchev–Trinajstić information content (AvgIpc) is 2.38. The van der Waals surface area contributed by atoms with Crippen LogP contribution in [0.4, 0.5) is 5.82 Å². The van der Waals surface area contributed by atoms with Gasteiger partial charge in [0.05, 0.1) is 0 Å². The predicted octanol–water partition coefficient (Wildman–Crippen LogP) is 0.454. The number of hydrogen-bond donors (Lipinski definition) is 2. The number of nitrogens with zero attached hydrogens (tertiary/aromatic N) is 3. The van der Waals surface area contributed by atoms with Crippen molar-refractivity contribution in [1.29, 1.82) is 0 Å². The SMILES string of the molecule is CC1CN(C)CCN1S(=O)(=O)c1cc(Br)cnc1NN. The first-order chi connectivity index (χ1) is 9.36. The van der Waals surface area contributed by atoms with Gasteiger partial charge in [-0.15, -0.1) is 0 Å². The summed E-state index contributed by atoms with van der Waals surface area (Å²) in [7, 11) is -1.65. The van der Waals surface area contributed by atoms with E-state index in [-0.39, 0.29) is 16.8 Å². The fourth-order valence-electron chi connectivity index (χ4n) is 2.33. The van der Waals surface area contributed by atoms with Crippen molar-refractivity contribution in [3.63, 3.8) is 0 Å². The second-order valence-electron chi connectivity index (χ2n) is 4.87. The molecule has 0 saturated carbocycles. The van der Waals surface area contributed by atoms with Crippen molar-refractivity contribution in [2.75, 3.05) is 32.1 Å².